The molecule has 104 valence electrons. The first-order valence-corrected chi connectivity index (χ1v) is 7.42. The fraction of sp³-hybridized carbons (Fsp3) is 0.364. The van der Waals surface area contributed by atoms with Crippen molar-refractivity contribution in [1.29, 1.82) is 0 Å². The van der Waals surface area contributed by atoms with Crippen LogP contribution in [0.4, 0.5) is 0 Å². The number of aryl methyl sites for hydroxylation is 1. The average Bonchev–Trinajstić information content (AvgIpc) is 3.05. The van der Waals surface area contributed by atoms with Crippen molar-refractivity contribution in [3.05, 3.63) is 36.2 Å². The van der Waals surface area contributed by atoms with Crippen molar-refractivity contribution in [3.63, 3.8) is 0 Å². The van der Waals surface area contributed by atoms with E-state index in [9.17, 15) is 8.42 Å². The van der Waals surface area contributed by atoms with E-state index in [0.29, 0.717) is 18.9 Å². The third-order valence-electron chi connectivity index (χ3n) is 2.81. The lowest BCUT2D eigenvalue weighted by atomic mass is 10.4. The van der Waals surface area contributed by atoms with Crippen LogP contribution < -0.4 is 10.5 Å². The van der Waals surface area contributed by atoms with E-state index in [-0.39, 0.29) is 11.4 Å². The molecule has 0 atom stereocenters. The number of nitrogens with one attached hydrogen (secondary N) is 2. The summed E-state index contributed by atoms with van der Waals surface area (Å²) in [6.45, 7) is 3.05. The minimum atomic E-state index is -3.54. The lowest BCUT2D eigenvalue weighted by Crippen LogP contribution is -2.23. The molecule has 0 aliphatic carbocycles. The zero-order valence-corrected chi connectivity index (χ0v) is 11.4. The van der Waals surface area contributed by atoms with E-state index in [1.54, 1.807) is 24.7 Å². The van der Waals surface area contributed by atoms with Gasteiger partial charge in [0.05, 0.1) is 11.4 Å². The fourth-order valence-electron chi connectivity index (χ4n) is 1.78. The molecular formula is C11H17N5O2S. The molecule has 0 saturated heterocycles. The Bertz CT molecular complexity index is 609. The van der Waals surface area contributed by atoms with Crippen LogP contribution in [-0.4, -0.2) is 23.0 Å². The second-order valence-electron chi connectivity index (χ2n) is 4.02. The van der Waals surface area contributed by atoms with Crippen molar-refractivity contribution in [2.75, 3.05) is 0 Å². The predicted octanol–water partition coefficient (Wildman–Crippen LogP) is 0.168. The third kappa shape index (κ3) is 3.03. The number of aromatic nitrogens is 3. The second-order valence-corrected chi connectivity index (χ2v) is 5.78. The highest BCUT2D eigenvalue weighted by atomic mass is 32.2. The molecule has 0 unspecified atom stereocenters. The number of H-pyrrole nitrogens is 1. The zero-order valence-electron chi connectivity index (χ0n) is 10.6. The van der Waals surface area contributed by atoms with Crippen LogP contribution in [0.15, 0.2) is 29.6 Å². The third-order valence-corrected chi connectivity index (χ3v) is 4.17. The van der Waals surface area contributed by atoms with E-state index >= 15 is 0 Å². The van der Waals surface area contributed by atoms with Crippen LogP contribution in [0.3, 0.4) is 0 Å². The van der Waals surface area contributed by atoms with Crippen LogP contribution in [0, 0.1) is 0 Å². The molecular weight excluding hydrogens is 266 g/mol. The van der Waals surface area contributed by atoms with E-state index < -0.39 is 10.0 Å². The Balaban J connectivity index is 2.17. The monoisotopic (exact) mass is 283 g/mol. The largest absolute Gasteiger partial charge is 0.349 e. The van der Waals surface area contributed by atoms with Crippen LogP contribution in [0.5, 0.6) is 0 Å². The lowest BCUT2D eigenvalue weighted by molar-refractivity contribution is 0.579. The molecule has 0 radical (unpaired) electrons. The molecule has 4 N–H and O–H groups in total. The minimum absolute atomic E-state index is 0.130. The van der Waals surface area contributed by atoms with Gasteiger partial charge in [0.2, 0.25) is 10.0 Å². The first-order chi connectivity index (χ1) is 9.06. The molecule has 0 aliphatic rings. The molecule has 0 aliphatic heterocycles. The number of nitrogens with two attached hydrogens (primary N) is 1. The summed E-state index contributed by atoms with van der Waals surface area (Å²) in [6, 6.07) is 1.59. The van der Waals surface area contributed by atoms with E-state index in [0.717, 1.165) is 5.69 Å². The molecule has 0 bridgehead atoms. The summed E-state index contributed by atoms with van der Waals surface area (Å²) < 4.78 is 28.5. The quantitative estimate of drug-likeness (QED) is 0.702. The maximum Gasteiger partial charge on any atom is 0.242 e. The van der Waals surface area contributed by atoms with Gasteiger partial charge in [0.25, 0.3) is 0 Å². The van der Waals surface area contributed by atoms with Crippen LogP contribution in [0.1, 0.15) is 18.4 Å². The van der Waals surface area contributed by atoms with Crippen molar-refractivity contribution in [2.45, 2.75) is 31.5 Å². The Morgan fingerprint density at radius 1 is 1.53 bits per heavy atom. The molecule has 0 saturated carbocycles. The second kappa shape index (κ2) is 5.55. The van der Waals surface area contributed by atoms with E-state index in [2.05, 4.69) is 14.7 Å². The van der Waals surface area contributed by atoms with E-state index in [1.807, 2.05) is 11.5 Å². The predicted molar refractivity (Wildman–Crippen MR) is 70.6 cm³/mol. The number of rotatable bonds is 6. The maximum absolute atomic E-state index is 12.1. The summed E-state index contributed by atoms with van der Waals surface area (Å²) in [7, 11) is -3.54. The number of sulfonamides is 1. The fourth-order valence-corrected chi connectivity index (χ4v) is 2.83. The molecule has 19 heavy (non-hydrogen) atoms. The Hall–Kier alpha value is -1.64. The molecule has 8 heteroatoms. The summed E-state index contributed by atoms with van der Waals surface area (Å²) in [5.41, 5.74) is 6.38. The molecule has 7 nitrogen and oxygen atoms in total. The van der Waals surface area contributed by atoms with Crippen LogP contribution in [-0.2, 0) is 29.7 Å². The van der Waals surface area contributed by atoms with Crippen molar-refractivity contribution >= 4 is 10.0 Å². The van der Waals surface area contributed by atoms with Gasteiger partial charge in [0.1, 0.15) is 5.82 Å². The SMILES string of the molecule is CCn1cc(S(=O)(=O)NCc2ncc[nH]2)cc1CN. The molecule has 0 aromatic carbocycles. The minimum Gasteiger partial charge on any atom is -0.349 e. The summed E-state index contributed by atoms with van der Waals surface area (Å²) in [5.74, 6) is 0.567. The molecule has 2 aromatic heterocycles. The van der Waals surface area contributed by atoms with E-state index in [1.165, 1.54) is 0 Å². The summed E-state index contributed by atoms with van der Waals surface area (Å²) in [4.78, 5) is 7.02. The van der Waals surface area contributed by atoms with E-state index in [4.69, 9.17) is 5.73 Å². The molecule has 0 amide bonds. The Morgan fingerprint density at radius 3 is 2.84 bits per heavy atom. The average molecular weight is 283 g/mol. The molecule has 2 heterocycles. The number of imidazole rings is 1. The molecule has 0 spiro atoms. The van der Waals surface area contributed by atoms with Crippen molar-refractivity contribution < 1.29 is 8.42 Å². The number of hydrogen-bond donors (Lipinski definition) is 3. The number of aromatic amines is 1. The topological polar surface area (TPSA) is 106 Å². The van der Waals surface area contributed by atoms with Crippen molar-refractivity contribution in [2.24, 2.45) is 5.73 Å². The Labute approximate surface area is 111 Å². The van der Waals surface area contributed by atoms with Crippen molar-refractivity contribution in [3.8, 4) is 0 Å². The first-order valence-electron chi connectivity index (χ1n) is 5.94. The normalized spacial score (nSPS) is 11.9. The van der Waals surface area contributed by atoms with Gasteiger partial charge in [0, 0.05) is 37.4 Å². The van der Waals surface area contributed by atoms with Gasteiger partial charge in [-0.25, -0.2) is 18.1 Å². The summed E-state index contributed by atoms with van der Waals surface area (Å²) >= 11 is 0. The van der Waals surface area contributed by atoms with Crippen LogP contribution >= 0.6 is 0 Å². The van der Waals surface area contributed by atoms with Crippen LogP contribution in [0.2, 0.25) is 0 Å². The van der Waals surface area contributed by atoms with Gasteiger partial charge in [-0.1, -0.05) is 0 Å². The molecule has 0 fully saturated rings. The standard InChI is InChI=1S/C11H17N5O2S/c1-2-16-8-10(5-9(16)6-12)19(17,18)15-7-11-13-3-4-14-11/h3-5,8,15H,2,6-7,12H2,1H3,(H,13,14). The van der Waals surface area contributed by atoms with Crippen LogP contribution in [0.25, 0.3) is 0 Å². The maximum atomic E-state index is 12.1. The zero-order chi connectivity index (χ0) is 13.9. The summed E-state index contributed by atoms with van der Waals surface area (Å²) in [6.07, 6.45) is 4.81. The Morgan fingerprint density at radius 2 is 2.32 bits per heavy atom. The number of nitrogens with zero attached hydrogens (tertiary/aromatic N) is 2. The van der Waals surface area contributed by atoms with Gasteiger partial charge in [-0.05, 0) is 13.0 Å². The van der Waals surface area contributed by atoms with Gasteiger partial charge in [0.15, 0.2) is 0 Å². The highest BCUT2D eigenvalue weighted by Crippen LogP contribution is 2.14. The number of hydrogen-bond acceptors (Lipinski definition) is 4. The van der Waals surface area contributed by atoms with Gasteiger partial charge in [-0.15, -0.1) is 0 Å². The van der Waals surface area contributed by atoms with Crippen molar-refractivity contribution in [1.82, 2.24) is 19.3 Å². The lowest BCUT2D eigenvalue weighted by Gasteiger charge is -2.03. The Kier molecular flexibility index (Phi) is 4.03. The van der Waals surface area contributed by atoms with Gasteiger partial charge >= 0.3 is 0 Å². The highest BCUT2D eigenvalue weighted by molar-refractivity contribution is 7.89. The molecule has 2 rings (SSSR count). The van der Waals surface area contributed by atoms with Gasteiger partial charge in [-0.3, -0.25) is 0 Å². The first kappa shape index (κ1) is 13.8. The summed E-state index contributed by atoms with van der Waals surface area (Å²) in [5, 5.41) is 0. The smallest absolute Gasteiger partial charge is 0.242 e. The van der Waals surface area contributed by atoms with Gasteiger partial charge in [-0.2, -0.15) is 0 Å². The van der Waals surface area contributed by atoms with Gasteiger partial charge < -0.3 is 15.3 Å². The molecule has 2 aromatic rings. The highest BCUT2D eigenvalue weighted by Gasteiger charge is 2.17.